The minimum absolute atomic E-state index is 0.292. The van der Waals surface area contributed by atoms with Crippen LogP contribution in [0, 0.1) is 0 Å². The average molecular weight is 173 g/mol. The van der Waals surface area contributed by atoms with Gasteiger partial charge in [-0.15, -0.1) is 11.3 Å². The molecule has 0 aromatic carbocycles. The highest BCUT2D eigenvalue weighted by atomic mass is 32.1. The van der Waals surface area contributed by atoms with Crippen molar-refractivity contribution in [2.75, 3.05) is 0 Å². The zero-order valence-corrected chi connectivity index (χ0v) is 7.17. The average Bonchev–Trinajstić information content (AvgIpc) is 2.41. The summed E-state index contributed by atoms with van der Waals surface area (Å²) in [5.41, 5.74) is 1.79. The molecule has 1 heterocycles. The standard InChI is InChI=1S/C4H8O2.C3H3NS/c1-2-3-4(5)6;1-2-5-3-4-1/h2-3H2,1H3,(H,5,6);1-3H. The lowest BCUT2D eigenvalue weighted by atomic mass is 10.4. The molecule has 0 saturated carbocycles. The Morgan fingerprint density at radius 1 is 1.73 bits per heavy atom. The van der Waals surface area contributed by atoms with Gasteiger partial charge in [-0.3, -0.25) is 9.78 Å². The van der Waals surface area contributed by atoms with Gasteiger partial charge in [0.25, 0.3) is 0 Å². The van der Waals surface area contributed by atoms with Gasteiger partial charge in [0.05, 0.1) is 5.51 Å². The summed E-state index contributed by atoms with van der Waals surface area (Å²) in [5.74, 6) is -0.711. The van der Waals surface area contributed by atoms with Crippen LogP contribution < -0.4 is 0 Å². The van der Waals surface area contributed by atoms with Gasteiger partial charge >= 0.3 is 5.97 Å². The third-order valence-electron chi connectivity index (χ3n) is 0.811. The lowest BCUT2D eigenvalue weighted by Crippen LogP contribution is -1.90. The Kier molecular flexibility index (Phi) is 6.62. The van der Waals surface area contributed by atoms with E-state index in [1.165, 1.54) is 0 Å². The molecule has 0 aliphatic rings. The molecule has 1 aromatic heterocycles. The SMILES string of the molecule is CCCC(=O)O.c1cscn1. The van der Waals surface area contributed by atoms with E-state index in [-0.39, 0.29) is 0 Å². The highest BCUT2D eigenvalue weighted by Gasteiger charge is 1.87. The number of carbonyl (C=O) groups is 1. The largest absolute Gasteiger partial charge is 0.481 e. The number of carboxylic acids is 1. The van der Waals surface area contributed by atoms with Crippen LogP contribution in [0.1, 0.15) is 19.8 Å². The molecular formula is C7H11NO2S. The van der Waals surface area contributed by atoms with Crippen LogP contribution in [0.4, 0.5) is 0 Å². The number of thiazole rings is 1. The quantitative estimate of drug-likeness (QED) is 0.744. The first-order chi connectivity index (χ1) is 5.27. The van der Waals surface area contributed by atoms with Crippen LogP contribution in [0.15, 0.2) is 17.1 Å². The fourth-order valence-electron chi connectivity index (χ4n) is 0.390. The Hall–Kier alpha value is -0.900. The molecule has 0 fully saturated rings. The van der Waals surface area contributed by atoms with Crippen LogP contribution >= 0.6 is 11.3 Å². The van der Waals surface area contributed by atoms with Gasteiger partial charge in [0, 0.05) is 18.0 Å². The first-order valence-electron chi connectivity index (χ1n) is 3.31. The van der Waals surface area contributed by atoms with Crippen LogP contribution in [0.25, 0.3) is 0 Å². The van der Waals surface area contributed by atoms with E-state index in [4.69, 9.17) is 5.11 Å². The van der Waals surface area contributed by atoms with Crippen LogP contribution in [0.3, 0.4) is 0 Å². The minimum atomic E-state index is -0.711. The van der Waals surface area contributed by atoms with Crippen molar-refractivity contribution >= 4 is 17.3 Å². The van der Waals surface area contributed by atoms with Gasteiger partial charge in [-0.1, -0.05) is 6.92 Å². The molecular weight excluding hydrogens is 162 g/mol. The third-order valence-corrected chi connectivity index (χ3v) is 1.33. The van der Waals surface area contributed by atoms with Crippen LogP contribution in [0.5, 0.6) is 0 Å². The van der Waals surface area contributed by atoms with E-state index in [1.807, 2.05) is 12.3 Å². The maximum atomic E-state index is 9.60. The van der Waals surface area contributed by atoms with Gasteiger partial charge < -0.3 is 5.11 Å². The molecule has 62 valence electrons. The molecule has 0 atom stereocenters. The maximum Gasteiger partial charge on any atom is 0.303 e. The lowest BCUT2D eigenvalue weighted by molar-refractivity contribution is -0.137. The van der Waals surface area contributed by atoms with E-state index in [2.05, 4.69) is 4.98 Å². The van der Waals surface area contributed by atoms with Gasteiger partial charge in [0.15, 0.2) is 0 Å². The van der Waals surface area contributed by atoms with Crippen molar-refractivity contribution in [3.63, 3.8) is 0 Å². The first-order valence-corrected chi connectivity index (χ1v) is 4.25. The molecule has 0 bridgehead atoms. The molecule has 0 unspecified atom stereocenters. The van der Waals surface area contributed by atoms with Crippen LogP contribution in [0.2, 0.25) is 0 Å². The van der Waals surface area contributed by atoms with E-state index in [0.29, 0.717) is 6.42 Å². The van der Waals surface area contributed by atoms with Crippen molar-refractivity contribution in [2.24, 2.45) is 0 Å². The zero-order chi connectivity index (χ0) is 8.53. The normalized spacial score (nSPS) is 8.09. The molecule has 0 aliphatic carbocycles. The van der Waals surface area contributed by atoms with Crippen molar-refractivity contribution < 1.29 is 9.90 Å². The molecule has 11 heavy (non-hydrogen) atoms. The number of nitrogens with zero attached hydrogens (tertiary/aromatic N) is 1. The molecule has 0 radical (unpaired) electrons. The second kappa shape index (κ2) is 7.21. The smallest absolute Gasteiger partial charge is 0.303 e. The van der Waals surface area contributed by atoms with Crippen LogP contribution in [-0.2, 0) is 4.79 Å². The number of aromatic nitrogens is 1. The second-order valence-corrected chi connectivity index (χ2v) is 2.57. The summed E-state index contributed by atoms with van der Waals surface area (Å²) in [5, 5.41) is 9.84. The molecule has 4 heteroatoms. The molecule has 1 N–H and O–H groups in total. The van der Waals surface area contributed by atoms with Gasteiger partial charge in [-0.25, -0.2) is 0 Å². The number of rotatable bonds is 2. The van der Waals surface area contributed by atoms with Crippen molar-refractivity contribution in [3.05, 3.63) is 17.1 Å². The van der Waals surface area contributed by atoms with Gasteiger partial charge in [-0.05, 0) is 6.42 Å². The Labute approximate surface area is 69.7 Å². The number of aliphatic carboxylic acids is 1. The number of hydrogen-bond donors (Lipinski definition) is 1. The molecule has 0 amide bonds. The van der Waals surface area contributed by atoms with Crippen molar-refractivity contribution in [3.8, 4) is 0 Å². The van der Waals surface area contributed by atoms with E-state index in [0.717, 1.165) is 6.42 Å². The van der Waals surface area contributed by atoms with Gasteiger partial charge in [0.2, 0.25) is 0 Å². The van der Waals surface area contributed by atoms with Gasteiger partial charge in [-0.2, -0.15) is 0 Å². The number of carboxylic acid groups (broad SMARTS) is 1. The Morgan fingerprint density at radius 3 is 2.55 bits per heavy atom. The maximum absolute atomic E-state index is 9.60. The van der Waals surface area contributed by atoms with Gasteiger partial charge in [0.1, 0.15) is 0 Å². The predicted octanol–water partition coefficient (Wildman–Crippen LogP) is 2.01. The van der Waals surface area contributed by atoms with Crippen molar-refractivity contribution in [1.29, 1.82) is 0 Å². The van der Waals surface area contributed by atoms with Crippen molar-refractivity contribution in [2.45, 2.75) is 19.8 Å². The summed E-state index contributed by atoms with van der Waals surface area (Å²) in [6.07, 6.45) is 2.79. The summed E-state index contributed by atoms with van der Waals surface area (Å²) in [6, 6.07) is 0. The molecule has 1 aromatic rings. The lowest BCUT2D eigenvalue weighted by Gasteiger charge is -1.79. The summed E-state index contributed by atoms with van der Waals surface area (Å²) in [4.78, 5) is 13.3. The summed E-state index contributed by atoms with van der Waals surface area (Å²) < 4.78 is 0. The highest BCUT2D eigenvalue weighted by molar-refractivity contribution is 7.07. The fraction of sp³-hybridized carbons (Fsp3) is 0.429. The zero-order valence-electron chi connectivity index (χ0n) is 6.36. The van der Waals surface area contributed by atoms with Crippen molar-refractivity contribution in [1.82, 2.24) is 4.98 Å². The third kappa shape index (κ3) is 9.10. The molecule has 0 saturated heterocycles. The topological polar surface area (TPSA) is 50.2 Å². The minimum Gasteiger partial charge on any atom is -0.481 e. The molecule has 1 rings (SSSR count). The Balaban J connectivity index is 0.000000183. The number of hydrogen-bond acceptors (Lipinski definition) is 3. The second-order valence-electron chi connectivity index (χ2n) is 1.82. The monoisotopic (exact) mass is 173 g/mol. The molecule has 3 nitrogen and oxygen atoms in total. The summed E-state index contributed by atoms with van der Waals surface area (Å²) >= 11 is 1.60. The van der Waals surface area contributed by atoms with E-state index in [9.17, 15) is 4.79 Å². The van der Waals surface area contributed by atoms with E-state index < -0.39 is 5.97 Å². The molecule has 0 aliphatic heterocycles. The van der Waals surface area contributed by atoms with Crippen LogP contribution in [-0.4, -0.2) is 16.1 Å². The highest BCUT2D eigenvalue weighted by Crippen LogP contribution is 1.85. The van der Waals surface area contributed by atoms with E-state index >= 15 is 0 Å². The summed E-state index contributed by atoms with van der Waals surface area (Å²) in [7, 11) is 0. The van der Waals surface area contributed by atoms with E-state index in [1.54, 1.807) is 23.0 Å². The fourth-order valence-corrected chi connectivity index (χ4v) is 0.741. The predicted molar refractivity (Wildman–Crippen MR) is 44.7 cm³/mol. The Bertz CT molecular complexity index is 157. The summed E-state index contributed by atoms with van der Waals surface area (Å²) in [6.45, 7) is 1.84. The molecule has 0 spiro atoms. The Morgan fingerprint density at radius 2 is 2.45 bits per heavy atom. The first kappa shape index (κ1) is 10.1.